The van der Waals surface area contributed by atoms with Crippen LogP contribution in [0.25, 0.3) is 0 Å². The van der Waals surface area contributed by atoms with Crippen LogP contribution >= 0.6 is 70.5 Å². The van der Waals surface area contributed by atoms with Crippen molar-refractivity contribution < 1.29 is 9.68 Å². The van der Waals surface area contributed by atoms with Gasteiger partial charge in [0, 0.05) is 0 Å². The van der Waals surface area contributed by atoms with Crippen molar-refractivity contribution in [2.45, 2.75) is 0 Å². The van der Waals surface area contributed by atoms with Gasteiger partial charge in [-0.2, -0.15) is 0 Å². The Hall–Kier alpha value is 1.36. The molecule has 0 aromatic carbocycles. The van der Waals surface area contributed by atoms with Crippen molar-refractivity contribution in [2.75, 3.05) is 19.5 Å². The molecule has 0 spiro atoms. The van der Waals surface area contributed by atoms with E-state index in [0.29, 0.717) is 0 Å². The lowest BCUT2D eigenvalue weighted by atomic mass is 10.8. The molecular weight excluding hydrogens is 427 g/mol. The number of rotatable bonds is 2. The molecule has 0 aromatic rings. The molecule has 3 nitrogen and oxygen atoms in total. The van der Waals surface area contributed by atoms with E-state index in [1.54, 1.807) is 7.05 Å². The third-order valence-electron chi connectivity index (χ3n) is 0.438. The lowest BCUT2D eigenvalue weighted by Crippen LogP contribution is -2.13. The summed E-state index contributed by atoms with van der Waals surface area (Å²) in [7, 11) is 3.01. The van der Waals surface area contributed by atoms with Crippen molar-refractivity contribution in [3.63, 3.8) is 0 Å². The van der Waals surface area contributed by atoms with Crippen LogP contribution in [0.2, 0.25) is 0 Å². The first kappa shape index (κ1) is 20.7. The van der Waals surface area contributed by atoms with Gasteiger partial charge in [-0.1, -0.05) is 6.42 Å². The van der Waals surface area contributed by atoms with Gasteiger partial charge in [0.05, 0.1) is 19.5 Å². The van der Waals surface area contributed by atoms with Crippen molar-refractivity contribution in [3.8, 4) is 12.5 Å². The van der Waals surface area contributed by atoms with E-state index in [9.17, 15) is 0 Å². The van der Waals surface area contributed by atoms with Crippen LogP contribution in [0.4, 0.5) is 0 Å². The van der Waals surface area contributed by atoms with Gasteiger partial charge in [-0.25, -0.2) is 0 Å². The fraction of sp³-hybridized carbons (Fsp3) is 0.600. The number of hydroxylamine groups is 2. The first-order valence-electron chi connectivity index (χ1n) is 2.90. The summed E-state index contributed by atoms with van der Waals surface area (Å²) < 4.78 is 0.271. The first-order chi connectivity index (χ1) is 6.45. The van der Waals surface area contributed by atoms with E-state index in [2.05, 4.69) is 56.9 Å². The Balaban J connectivity index is -0.000000147. The first-order valence-corrected chi connectivity index (χ1v) is 6.72. The van der Waals surface area contributed by atoms with Crippen LogP contribution in [0.15, 0.2) is 0 Å². The summed E-state index contributed by atoms with van der Waals surface area (Å²) in [6.45, 7) is 0. The third-order valence-corrected chi connectivity index (χ3v) is 0.438. The maximum absolute atomic E-state index is 4.76. The minimum Gasteiger partial charge on any atom is -0.328 e. The predicted molar refractivity (Wildman–Crippen MR) is 73.8 cm³/mol. The van der Waals surface area contributed by atoms with E-state index in [-0.39, 0.29) is 8.52 Å². The number of terminal acetylenes is 1. The Morgan fingerprint density at radius 2 is 1.71 bits per heavy atom. The standard InChI is InChI=1S/C4H7NO2.CH2Cl2.BBr3/c1-4-7-5(2)6-3;2-1-3;2-1(3)4/h1H,2-3H3;1H2;. The van der Waals surface area contributed by atoms with Crippen molar-refractivity contribution in [1.29, 1.82) is 0 Å². The summed E-state index contributed by atoms with van der Waals surface area (Å²) in [5.74, 6) is 0. The molecule has 0 fully saturated rings. The smallest absolute Gasteiger partial charge is 0.328 e. The summed E-state index contributed by atoms with van der Waals surface area (Å²) in [6, 6.07) is 0. The molecule has 0 atom stereocenters. The van der Waals surface area contributed by atoms with E-state index in [1.807, 2.05) is 6.11 Å². The fourth-order valence-electron chi connectivity index (χ4n) is 0.111. The molecule has 0 bridgehead atoms. The molecular formula is C5H9BBr3Cl2NO2. The topological polar surface area (TPSA) is 21.7 Å². The Morgan fingerprint density at radius 1 is 1.43 bits per heavy atom. The molecule has 0 radical (unpaired) electrons. The molecule has 14 heavy (non-hydrogen) atoms. The lowest BCUT2D eigenvalue weighted by Gasteiger charge is -2.05. The predicted octanol–water partition coefficient (Wildman–Crippen LogP) is 3.58. The van der Waals surface area contributed by atoms with Gasteiger partial charge in [-0.15, -0.1) is 70.5 Å². The van der Waals surface area contributed by atoms with E-state index >= 15 is 0 Å². The summed E-state index contributed by atoms with van der Waals surface area (Å²) in [5.41, 5.74) is 0. The van der Waals surface area contributed by atoms with Crippen LogP contribution in [0.1, 0.15) is 0 Å². The van der Waals surface area contributed by atoms with E-state index in [0.717, 1.165) is 5.23 Å². The third kappa shape index (κ3) is 50.4. The molecule has 9 heteroatoms. The summed E-state index contributed by atoms with van der Waals surface area (Å²) in [5, 5.41) is 1.26. The van der Waals surface area contributed by atoms with Crippen LogP contribution in [0.3, 0.4) is 0 Å². The van der Waals surface area contributed by atoms with Crippen LogP contribution in [-0.2, 0) is 9.68 Å². The summed E-state index contributed by atoms with van der Waals surface area (Å²) >= 11 is 18.8. The van der Waals surface area contributed by atoms with Gasteiger partial charge in [-0.05, 0) is 5.23 Å². The maximum Gasteiger partial charge on any atom is 0.369 e. The van der Waals surface area contributed by atoms with Crippen molar-refractivity contribution in [2.24, 2.45) is 0 Å². The van der Waals surface area contributed by atoms with Gasteiger partial charge in [-0.3, -0.25) is 4.84 Å². The monoisotopic (exact) mass is 433 g/mol. The Labute approximate surface area is 120 Å². The number of alkyl halides is 2. The van der Waals surface area contributed by atoms with E-state index in [1.165, 1.54) is 7.11 Å². The van der Waals surface area contributed by atoms with Crippen LogP contribution in [-0.4, -0.2) is 27.9 Å². The zero-order valence-electron chi connectivity index (χ0n) is 7.52. The highest BCUT2D eigenvalue weighted by atomic mass is 79.9. The molecule has 0 aliphatic heterocycles. The molecule has 84 valence electrons. The van der Waals surface area contributed by atoms with Gasteiger partial charge in [0.1, 0.15) is 6.11 Å². The average molecular weight is 437 g/mol. The van der Waals surface area contributed by atoms with Gasteiger partial charge in [0.2, 0.25) is 0 Å². The molecule has 0 aliphatic carbocycles. The zero-order chi connectivity index (χ0) is 12.0. The Bertz CT molecular complexity index is 136. The van der Waals surface area contributed by atoms with Gasteiger partial charge in [0.15, 0.2) is 0 Å². The second-order valence-electron chi connectivity index (χ2n) is 1.18. The minimum absolute atomic E-state index is 0.194. The molecule has 0 N–H and O–H groups in total. The highest BCUT2D eigenvalue weighted by Gasteiger charge is 1.87. The van der Waals surface area contributed by atoms with Gasteiger partial charge in [0.25, 0.3) is 0 Å². The second kappa shape index (κ2) is 19.9. The second-order valence-corrected chi connectivity index (χ2v) is 8.42. The molecule has 0 amide bonds. The number of hydrogen-bond donors (Lipinski definition) is 0. The zero-order valence-corrected chi connectivity index (χ0v) is 13.8. The summed E-state index contributed by atoms with van der Waals surface area (Å²) in [6.07, 6.45) is 6.63. The number of nitrogens with zero attached hydrogens (tertiary/aromatic N) is 1. The van der Waals surface area contributed by atoms with Crippen molar-refractivity contribution in [1.82, 2.24) is 5.23 Å². The molecule has 0 saturated carbocycles. The normalized spacial score (nSPS) is 7.36. The van der Waals surface area contributed by atoms with Crippen LogP contribution in [0.5, 0.6) is 0 Å². The molecule has 0 aliphatic rings. The lowest BCUT2D eigenvalue weighted by molar-refractivity contribution is -0.303. The molecule has 0 saturated heterocycles. The molecule has 0 rings (SSSR count). The quantitative estimate of drug-likeness (QED) is 0.286. The van der Waals surface area contributed by atoms with Gasteiger partial charge >= 0.3 is 3.18 Å². The van der Waals surface area contributed by atoms with Crippen LogP contribution in [0, 0.1) is 12.5 Å². The molecule has 0 unspecified atom stereocenters. The molecule has 0 aromatic heterocycles. The van der Waals surface area contributed by atoms with Crippen LogP contribution < -0.4 is 0 Å². The minimum atomic E-state index is 0.194. The van der Waals surface area contributed by atoms with Crippen molar-refractivity contribution >= 4 is 73.7 Å². The Kier molecular flexibility index (Phi) is 29.4. The van der Waals surface area contributed by atoms with Crippen molar-refractivity contribution in [3.05, 3.63) is 0 Å². The largest absolute Gasteiger partial charge is 0.369 e. The highest BCUT2D eigenvalue weighted by molar-refractivity contribution is 9.69. The fourth-order valence-corrected chi connectivity index (χ4v) is 0.111. The Morgan fingerprint density at radius 3 is 1.79 bits per heavy atom. The highest BCUT2D eigenvalue weighted by Crippen LogP contribution is 2.07. The SMILES string of the molecule is BrB(Br)Br.C#CON(C)OC.ClCCl. The van der Waals surface area contributed by atoms with E-state index in [4.69, 9.17) is 29.6 Å². The molecule has 0 heterocycles. The number of hydrogen-bond acceptors (Lipinski definition) is 3. The maximum atomic E-state index is 4.76. The summed E-state index contributed by atoms with van der Waals surface area (Å²) in [4.78, 5) is 8.79. The number of halogens is 5. The van der Waals surface area contributed by atoms with Gasteiger partial charge < -0.3 is 4.84 Å². The van der Waals surface area contributed by atoms with E-state index < -0.39 is 0 Å². The average Bonchev–Trinajstić information content (AvgIpc) is 2.05.